The van der Waals surface area contributed by atoms with E-state index >= 15 is 0 Å². The van der Waals surface area contributed by atoms with Crippen molar-refractivity contribution < 1.29 is 9.59 Å². The Morgan fingerprint density at radius 3 is 2.55 bits per heavy atom. The highest BCUT2D eigenvalue weighted by Crippen LogP contribution is 2.30. The molecule has 2 aromatic rings. The van der Waals surface area contributed by atoms with E-state index in [-0.39, 0.29) is 17.7 Å². The lowest BCUT2D eigenvalue weighted by atomic mass is 9.85. The number of hydrogen-bond acceptors (Lipinski definition) is 6. The summed E-state index contributed by atoms with van der Waals surface area (Å²) in [5, 5.41) is 11.5. The van der Waals surface area contributed by atoms with Crippen molar-refractivity contribution in [1.29, 1.82) is 0 Å². The van der Waals surface area contributed by atoms with Gasteiger partial charge >= 0.3 is 0 Å². The molecule has 1 saturated heterocycles. The van der Waals surface area contributed by atoms with Crippen LogP contribution in [0.1, 0.15) is 37.7 Å². The molecule has 2 fully saturated rings. The van der Waals surface area contributed by atoms with E-state index in [9.17, 15) is 9.59 Å². The molecule has 0 radical (unpaired) electrons. The third kappa shape index (κ3) is 5.57. The monoisotopic (exact) mass is 430 g/mol. The molecule has 1 aliphatic carbocycles. The van der Waals surface area contributed by atoms with Gasteiger partial charge in [-0.25, -0.2) is 0 Å². The molecule has 2 heterocycles. The highest BCUT2D eigenvalue weighted by molar-refractivity contribution is 8.01. The number of likely N-dealkylation sites (tertiary alicyclic amines) is 1. The van der Waals surface area contributed by atoms with E-state index in [0.717, 1.165) is 56.0 Å². The van der Waals surface area contributed by atoms with Crippen LogP contribution in [0, 0.1) is 11.8 Å². The molecule has 2 aliphatic rings. The zero-order valence-corrected chi connectivity index (χ0v) is 18.0. The molecule has 0 bridgehead atoms. The fraction of sp³-hybridized carbons (Fsp3) is 0.524. The van der Waals surface area contributed by atoms with Gasteiger partial charge in [0.05, 0.1) is 5.75 Å². The molecule has 0 unspecified atom stereocenters. The van der Waals surface area contributed by atoms with Gasteiger partial charge in [-0.3, -0.25) is 9.59 Å². The molecule has 1 aromatic carbocycles. The van der Waals surface area contributed by atoms with Crippen molar-refractivity contribution in [3.8, 4) is 0 Å². The van der Waals surface area contributed by atoms with E-state index in [1.807, 2.05) is 11.0 Å². The van der Waals surface area contributed by atoms with Crippen molar-refractivity contribution in [2.75, 3.05) is 24.2 Å². The summed E-state index contributed by atoms with van der Waals surface area (Å²) in [5.41, 5.74) is 1.38. The molecule has 1 saturated carbocycles. The van der Waals surface area contributed by atoms with Crippen molar-refractivity contribution in [3.05, 3.63) is 35.9 Å². The zero-order chi connectivity index (χ0) is 20.1. The summed E-state index contributed by atoms with van der Waals surface area (Å²) in [7, 11) is 0. The number of carbonyl (C=O) groups excluding carboxylic acids is 2. The number of hydrogen-bond donors (Lipinski definition) is 1. The van der Waals surface area contributed by atoms with Crippen LogP contribution >= 0.6 is 23.1 Å². The number of nitrogens with one attached hydrogen (secondary N) is 1. The highest BCUT2D eigenvalue weighted by atomic mass is 32.2. The minimum atomic E-state index is 0.0402. The van der Waals surface area contributed by atoms with Crippen LogP contribution in [0.4, 0.5) is 5.13 Å². The maximum atomic E-state index is 12.5. The lowest BCUT2D eigenvalue weighted by Gasteiger charge is -2.32. The zero-order valence-electron chi connectivity index (χ0n) is 16.4. The van der Waals surface area contributed by atoms with E-state index in [4.69, 9.17) is 0 Å². The minimum Gasteiger partial charge on any atom is -0.342 e. The van der Waals surface area contributed by atoms with E-state index < -0.39 is 0 Å². The average Bonchev–Trinajstić information content (AvgIpc) is 3.13. The van der Waals surface area contributed by atoms with E-state index in [0.29, 0.717) is 16.8 Å². The minimum absolute atomic E-state index is 0.0402. The average molecular weight is 431 g/mol. The molecule has 1 aromatic heterocycles. The normalized spacial score (nSPS) is 17.7. The highest BCUT2D eigenvalue weighted by Gasteiger charge is 2.26. The van der Waals surface area contributed by atoms with Crippen molar-refractivity contribution in [1.82, 2.24) is 15.1 Å². The third-order valence-corrected chi connectivity index (χ3v) is 7.72. The Kier molecular flexibility index (Phi) is 6.82. The first-order valence-electron chi connectivity index (χ1n) is 10.3. The van der Waals surface area contributed by atoms with Crippen LogP contribution in [-0.2, 0) is 16.0 Å². The first kappa shape index (κ1) is 20.3. The largest absolute Gasteiger partial charge is 0.342 e. The van der Waals surface area contributed by atoms with Gasteiger partial charge in [0.15, 0.2) is 4.34 Å². The number of piperidine rings is 1. The standard InChI is InChI=1S/C21H26N4O2S2/c26-18(25-11-9-16(10-12-25)13-15-5-2-1-3-6-15)14-28-21-24-23-20(29-21)22-19(27)17-7-4-8-17/h1-3,5-6,16-17H,4,7-14H2,(H,22,23,27). The molecule has 154 valence electrons. The summed E-state index contributed by atoms with van der Waals surface area (Å²) >= 11 is 2.75. The lowest BCUT2D eigenvalue weighted by Crippen LogP contribution is -2.39. The van der Waals surface area contributed by atoms with Crippen LogP contribution in [-0.4, -0.2) is 45.8 Å². The molecule has 6 nitrogen and oxygen atoms in total. The van der Waals surface area contributed by atoms with Gasteiger partial charge in [0.1, 0.15) is 0 Å². The molecular weight excluding hydrogens is 404 g/mol. The van der Waals surface area contributed by atoms with Crippen LogP contribution in [0.3, 0.4) is 0 Å². The number of carbonyl (C=O) groups is 2. The van der Waals surface area contributed by atoms with Crippen LogP contribution < -0.4 is 5.32 Å². The van der Waals surface area contributed by atoms with Crippen molar-refractivity contribution in [2.24, 2.45) is 11.8 Å². The van der Waals surface area contributed by atoms with Gasteiger partial charge in [0.2, 0.25) is 16.9 Å². The Hall–Kier alpha value is -1.93. The fourth-order valence-electron chi connectivity index (χ4n) is 3.75. The number of thioether (sulfide) groups is 1. The molecule has 8 heteroatoms. The molecule has 1 N–H and O–H groups in total. The quantitative estimate of drug-likeness (QED) is 0.533. The van der Waals surface area contributed by atoms with Gasteiger partial charge < -0.3 is 10.2 Å². The Morgan fingerprint density at radius 2 is 1.86 bits per heavy atom. The maximum Gasteiger partial charge on any atom is 0.233 e. The number of aromatic nitrogens is 2. The second-order valence-electron chi connectivity index (χ2n) is 7.79. The third-order valence-electron chi connectivity index (χ3n) is 5.77. The molecular formula is C21H26N4O2S2. The Balaban J connectivity index is 1.18. The van der Waals surface area contributed by atoms with Crippen molar-refractivity contribution in [2.45, 2.75) is 42.9 Å². The summed E-state index contributed by atoms with van der Waals surface area (Å²) in [6.07, 6.45) is 6.26. The summed E-state index contributed by atoms with van der Waals surface area (Å²) in [6.45, 7) is 1.66. The number of amides is 2. The maximum absolute atomic E-state index is 12.5. The van der Waals surface area contributed by atoms with Gasteiger partial charge in [-0.05, 0) is 43.6 Å². The molecule has 29 heavy (non-hydrogen) atoms. The molecule has 1 aliphatic heterocycles. The number of rotatable bonds is 7. The first-order chi connectivity index (χ1) is 14.2. The fourth-order valence-corrected chi connectivity index (χ4v) is 5.40. The predicted octanol–water partition coefficient (Wildman–Crippen LogP) is 3.85. The summed E-state index contributed by atoms with van der Waals surface area (Å²) in [6, 6.07) is 10.6. The van der Waals surface area contributed by atoms with E-state index in [1.54, 1.807) is 0 Å². The Labute approximate surface area is 179 Å². The second kappa shape index (κ2) is 9.71. The van der Waals surface area contributed by atoms with Gasteiger partial charge in [-0.15, -0.1) is 10.2 Å². The van der Waals surface area contributed by atoms with Gasteiger partial charge in [0.25, 0.3) is 0 Å². The van der Waals surface area contributed by atoms with E-state index in [1.165, 1.54) is 28.7 Å². The summed E-state index contributed by atoms with van der Waals surface area (Å²) < 4.78 is 0.723. The van der Waals surface area contributed by atoms with Crippen LogP contribution in [0.5, 0.6) is 0 Å². The van der Waals surface area contributed by atoms with Crippen molar-refractivity contribution >= 4 is 40.0 Å². The SMILES string of the molecule is O=C(Nc1nnc(SCC(=O)N2CCC(Cc3ccccc3)CC2)s1)C1CCC1. The molecule has 2 amide bonds. The van der Waals surface area contributed by atoms with Crippen LogP contribution in [0.15, 0.2) is 34.7 Å². The number of nitrogens with zero attached hydrogens (tertiary/aromatic N) is 3. The number of benzene rings is 1. The van der Waals surface area contributed by atoms with Crippen molar-refractivity contribution in [3.63, 3.8) is 0 Å². The second-order valence-corrected chi connectivity index (χ2v) is 9.99. The van der Waals surface area contributed by atoms with Crippen LogP contribution in [0.2, 0.25) is 0 Å². The van der Waals surface area contributed by atoms with Gasteiger partial charge in [0, 0.05) is 19.0 Å². The van der Waals surface area contributed by atoms with Crippen LogP contribution in [0.25, 0.3) is 0 Å². The topological polar surface area (TPSA) is 75.2 Å². The predicted molar refractivity (Wildman–Crippen MR) is 116 cm³/mol. The lowest BCUT2D eigenvalue weighted by molar-refractivity contribution is -0.129. The summed E-state index contributed by atoms with van der Waals surface area (Å²) in [5.74, 6) is 1.34. The Bertz CT molecular complexity index is 830. The Morgan fingerprint density at radius 1 is 1.10 bits per heavy atom. The number of anilines is 1. The van der Waals surface area contributed by atoms with Gasteiger partial charge in [-0.2, -0.15) is 0 Å². The van der Waals surface area contributed by atoms with E-state index in [2.05, 4.69) is 39.8 Å². The molecule has 0 spiro atoms. The smallest absolute Gasteiger partial charge is 0.233 e. The molecule has 0 atom stereocenters. The summed E-state index contributed by atoms with van der Waals surface area (Å²) in [4.78, 5) is 26.5. The van der Waals surface area contributed by atoms with Gasteiger partial charge in [-0.1, -0.05) is 59.9 Å². The first-order valence-corrected chi connectivity index (χ1v) is 12.1. The molecule has 4 rings (SSSR count).